The summed E-state index contributed by atoms with van der Waals surface area (Å²) in [6.07, 6.45) is -2.12. The highest BCUT2D eigenvalue weighted by Gasteiger charge is 2.33. The van der Waals surface area contributed by atoms with Gasteiger partial charge < -0.3 is 10.4 Å². The van der Waals surface area contributed by atoms with Gasteiger partial charge in [-0.15, -0.1) is 0 Å². The largest absolute Gasteiger partial charge is 0.433 e. The van der Waals surface area contributed by atoms with Crippen molar-refractivity contribution in [2.75, 3.05) is 11.9 Å². The number of nitrogens with one attached hydrogen (secondary N) is 1. The van der Waals surface area contributed by atoms with E-state index in [9.17, 15) is 18.3 Å². The minimum absolute atomic E-state index is 0.135. The molecular weight excluding hydrogens is 245 g/mol. The molecule has 0 aliphatic rings. The Labute approximate surface area is 104 Å². The van der Waals surface area contributed by atoms with Crippen LogP contribution in [0.25, 0.3) is 0 Å². The smallest absolute Gasteiger partial charge is 0.394 e. The van der Waals surface area contributed by atoms with Crippen LogP contribution in [0.4, 0.5) is 18.9 Å². The van der Waals surface area contributed by atoms with E-state index in [2.05, 4.69) is 10.3 Å². The van der Waals surface area contributed by atoms with Gasteiger partial charge in [-0.05, 0) is 25.0 Å². The summed E-state index contributed by atoms with van der Waals surface area (Å²) in [7, 11) is 0. The molecule has 0 aliphatic heterocycles. The van der Waals surface area contributed by atoms with E-state index in [4.69, 9.17) is 0 Å². The monoisotopic (exact) mass is 262 g/mol. The first-order valence-corrected chi connectivity index (χ1v) is 5.79. The molecule has 1 aromatic heterocycles. The molecule has 6 heteroatoms. The summed E-state index contributed by atoms with van der Waals surface area (Å²) in [6.45, 7) is 3.61. The van der Waals surface area contributed by atoms with E-state index >= 15 is 0 Å². The number of aliphatic hydroxyl groups excluding tert-OH is 1. The van der Waals surface area contributed by atoms with E-state index in [1.54, 1.807) is 0 Å². The Morgan fingerprint density at radius 3 is 2.33 bits per heavy atom. The highest BCUT2D eigenvalue weighted by Crippen LogP contribution is 2.30. The first-order valence-electron chi connectivity index (χ1n) is 5.79. The van der Waals surface area contributed by atoms with Gasteiger partial charge in [-0.3, -0.25) is 4.98 Å². The molecule has 0 radical (unpaired) electrons. The van der Waals surface area contributed by atoms with Crippen molar-refractivity contribution in [2.45, 2.75) is 38.4 Å². The van der Waals surface area contributed by atoms with E-state index in [1.165, 1.54) is 6.07 Å². The molecule has 0 saturated heterocycles. The maximum Gasteiger partial charge on any atom is 0.433 e. The van der Waals surface area contributed by atoms with Gasteiger partial charge in [0.15, 0.2) is 0 Å². The number of halogens is 3. The van der Waals surface area contributed by atoms with Crippen molar-refractivity contribution < 1.29 is 18.3 Å². The van der Waals surface area contributed by atoms with Crippen LogP contribution in [0.1, 0.15) is 32.4 Å². The molecule has 0 spiro atoms. The molecule has 0 amide bonds. The number of rotatable bonds is 5. The number of aromatic nitrogens is 1. The molecule has 0 aliphatic carbocycles. The number of anilines is 1. The highest BCUT2D eigenvalue weighted by molar-refractivity contribution is 5.46. The van der Waals surface area contributed by atoms with Crippen LogP contribution >= 0.6 is 0 Å². The van der Waals surface area contributed by atoms with Gasteiger partial charge in [-0.1, -0.05) is 13.8 Å². The summed E-state index contributed by atoms with van der Waals surface area (Å²) in [5.41, 5.74) is -1.22. The zero-order valence-electron chi connectivity index (χ0n) is 10.4. The first-order chi connectivity index (χ1) is 8.37. The van der Waals surface area contributed by atoms with Crippen molar-refractivity contribution in [3.63, 3.8) is 0 Å². The van der Waals surface area contributed by atoms with Crippen molar-refractivity contribution in [3.05, 3.63) is 24.0 Å². The van der Waals surface area contributed by atoms with Crippen LogP contribution in [0.2, 0.25) is 0 Å². The predicted molar refractivity (Wildman–Crippen MR) is 63.3 cm³/mol. The Morgan fingerprint density at radius 1 is 1.28 bits per heavy atom. The highest BCUT2D eigenvalue weighted by atomic mass is 19.4. The summed E-state index contributed by atoms with van der Waals surface area (Å²) in [6, 6.07) is 2.42. The number of nitrogens with zero attached hydrogens (tertiary/aromatic N) is 1. The molecule has 18 heavy (non-hydrogen) atoms. The molecule has 2 N–H and O–H groups in total. The van der Waals surface area contributed by atoms with E-state index in [-0.39, 0.29) is 6.61 Å². The number of aliphatic hydroxyl groups is 1. The van der Waals surface area contributed by atoms with Gasteiger partial charge in [0.05, 0.1) is 12.1 Å². The van der Waals surface area contributed by atoms with E-state index < -0.39 is 17.4 Å². The standard InChI is InChI=1S/C12H17F3N2O/c1-3-11(4-2,8-18)17-9-5-6-16-10(7-9)12(13,14)15/h5-7,18H,3-4,8H2,1-2H3,(H,16,17). The zero-order chi connectivity index (χ0) is 13.8. The van der Waals surface area contributed by atoms with Crippen LogP contribution < -0.4 is 5.32 Å². The molecule has 0 fully saturated rings. The van der Waals surface area contributed by atoms with Crippen LogP contribution in [0.3, 0.4) is 0 Å². The van der Waals surface area contributed by atoms with Crippen LogP contribution in [0.15, 0.2) is 18.3 Å². The normalized spacial score (nSPS) is 12.6. The topological polar surface area (TPSA) is 45.1 Å². The molecule has 3 nitrogen and oxygen atoms in total. The summed E-state index contributed by atoms with van der Waals surface area (Å²) in [4.78, 5) is 3.29. The number of hydrogen-bond acceptors (Lipinski definition) is 3. The Kier molecular flexibility index (Phi) is 4.56. The van der Waals surface area contributed by atoms with Gasteiger partial charge >= 0.3 is 6.18 Å². The maximum absolute atomic E-state index is 12.5. The second-order valence-electron chi connectivity index (χ2n) is 4.20. The molecule has 0 aromatic carbocycles. The second kappa shape index (κ2) is 5.56. The van der Waals surface area contributed by atoms with Gasteiger partial charge in [0.2, 0.25) is 0 Å². The predicted octanol–water partition coefficient (Wildman–Crippen LogP) is 3.06. The van der Waals surface area contributed by atoms with Gasteiger partial charge in [0.1, 0.15) is 5.69 Å². The lowest BCUT2D eigenvalue weighted by Gasteiger charge is -2.32. The maximum atomic E-state index is 12.5. The van der Waals surface area contributed by atoms with Gasteiger partial charge in [-0.2, -0.15) is 13.2 Å². The molecule has 1 rings (SSSR count). The van der Waals surface area contributed by atoms with Crippen molar-refractivity contribution in [1.29, 1.82) is 0 Å². The zero-order valence-corrected chi connectivity index (χ0v) is 10.4. The van der Waals surface area contributed by atoms with Crippen LogP contribution in [0, 0.1) is 0 Å². The fourth-order valence-electron chi connectivity index (χ4n) is 1.66. The lowest BCUT2D eigenvalue weighted by molar-refractivity contribution is -0.141. The molecule has 1 aromatic rings. The Hall–Kier alpha value is -1.30. The van der Waals surface area contributed by atoms with Crippen LogP contribution in [0.5, 0.6) is 0 Å². The van der Waals surface area contributed by atoms with Crippen LogP contribution in [-0.2, 0) is 6.18 Å². The quantitative estimate of drug-likeness (QED) is 0.857. The summed E-state index contributed by atoms with van der Waals surface area (Å²) in [5, 5.41) is 12.3. The Bertz CT molecular complexity index is 381. The second-order valence-corrected chi connectivity index (χ2v) is 4.20. The van der Waals surface area contributed by atoms with Crippen molar-refractivity contribution in [1.82, 2.24) is 4.98 Å². The van der Waals surface area contributed by atoms with E-state index in [0.717, 1.165) is 12.3 Å². The van der Waals surface area contributed by atoms with Crippen molar-refractivity contribution in [2.24, 2.45) is 0 Å². The minimum atomic E-state index is -4.46. The van der Waals surface area contributed by atoms with E-state index in [0.29, 0.717) is 18.5 Å². The molecule has 1 heterocycles. The van der Waals surface area contributed by atoms with Crippen LogP contribution in [-0.4, -0.2) is 22.2 Å². The summed E-state index contributed by atoms with van der Waals surface area (Å²) in [5.74, 6) is 0. The summed E-state index contributed by atoms with van der Waals surface area (Å²) < 4.78 is 37.5. The third-order valence-electron chi connectivity index (χ3n) is 3.12. The number of pyridine rings is 1. The third kappa shape index (κ3) is 3.35. The van der Waals surface area contributed by atoms with Gasteiger partial charge in [0.25, 0.3) is 0 Å². The average Bonchev–Trinajstić information content (AvgIpc) is 2.35. The fourth-order valence-corrected chi connectivity index (χ4v) is 1.66. The molecule has 0 atom stereocenters. The molecule has 0 bridgehead atoms. The first kappa shape index (κ1) is 14.8. The lowest BCUT2D eigenvalue weighted by Crippen LogP contribution is -2.40. The molecule has 0 saturated carbocycles. The Morgan fingerprint density at radius 2 is 1.89 bits per heavy atom. The summed E-state index contributed by atoms with van der Waals surface area (Å²) >= 11 is 0. The SMILES string of the molecule is CCC(CC)(CO)Nc1ccnc(C(F)(F)F)c1. The Balaban J connectivity index is 2.98. The average molecular weight is 262 g/mol. The van der Waals surface area contributed by atoms with E-state index in [1.807, 2.05) is 13.8 Å². The minimum Gasteiger partial charge on any atom is -0.394 e. The molecule has 0 unspecified atom stereocenters. The lowest BCUT2D eigenvalue weighted by atomic mass is 9.93. The number of hydrogen-bond donors (Lipinski definition) is 2. The van der Waals surface area contributed by atoms with Crippen molar-refractivity contribution in [3.8, 4) is 0 Å². The van der Waals surface area contributed by atoms with Gasteiger partial charge in [0, 0.05) is 11.9 Å². The molecular formula is C12H17F3N2O. The fraction of sp³-hybridized carbons (Fsp3) is 0.583. The van der Waals surface area contributed by atoms with Crippen molar-refractivity contribution >= 4 is 5.69 Å². The number of alkyl halides is 3. The third-order valence-corrected chi connectivity index (χ3v) is 3.12. The van der Waals surface area contributed by atoms with Gasteiger partial charge in [-0.25, -0.2) is 0 Å². The molecule has 102 valence electrons.